The number of carbonyl (C=O) groups is 1. The van der Waals surface area contributed by atoms with E-state index < -0.39 is 0 Å². The van der Waals surface area contributed by atoms with Crippen molar-refractivity contribution in [1.29, 1.82) is 0 Å². The number of nitrogens with one attached hydrogen (secondary N) is 1. The summed E-state index contributed by atoms with van der Waals surface area (Å²) in [7, 11) is 0. The first-order valence-electron chi connectivity index (χ1n) is 7.35. The topological polar surface area (TPSA) is 57.1 Å². The largest absolute Gasteiger partial charge is 0.273 e. The zero-order chi connectivity index (χ0) is 17.1. The van der Waals surface area contributed by atoms with Crippen LogP contribution < -0.4 is 5.43 Å². The Hall–Kier alpha value is -2.37. The van der Waals surface area contributed by atoms with Crippen LogP contribution in [-0.4, -0.2) is 22.6 Å². The lowest BCUT2D eigenvalue weighted by atomic mass is 10.2. The highest BCUT2D eigenvalue weighted by molar-refractivity contribution is 6.31. The van der Waals surface area contributed by atoms with Crippen LogP contribution in [-0.2, 0) is 4.79 Å². The van der Waals surface area contributed by atoms with Gasteiger partial charge in [0.05, 0.1) is 0 Å². The van der Waals surface area contributed by atoms with Gasteiger partial charge in [-0.1, -0.05) is 30.1 Å². The number of rotatable bonds is 3. The Morgan fingerprint density at radius 2 is 1.50 bits per heavy atom. The summed E-state index contributed by atoms with van der Waals surface area (Å²) in [4.78, 5) is 12.3. The number of hydrogen-bond donors (Lipinski definition) is 1. The van der Waals surface area contributed by atoms with Gasteiger partial charge in [0.1, 0.15) is 0 Å². The van der Waals surface area contributed by atoms with Crippen LogP contribution in [0.1, 0.15) is 24.5 Å². The molecule has 3 rings (SSSR count). The van der Waals surface area contributed by atoms with Crippen LogP contribution in [0.4, 0.5) is 0 Å². The van der Waals surface area contributed by atoms with E-state index in [2.05, 4.69) is 15.6 Å². The molecule has 5 nitrogen and oxygen atoms in total. The Labute approximate surface area is 149 Å². The molecule has 0 bridgehead atoms. The molecule has 24 heavy (non-hydrogen) atoms. The average molecular weight is 361 g/mol. The molecule has 1 aliphatic heterocycles. The number of benzene rings is 2. The molecule has 0 radical (unpaired) electrons. The van der Waals surface area contributed by atoms with Gasteiger partial charge < -0.3 is 0 Å². The number of hydrazine groups is 1. The lowest BCUT2D eigenvalue weighted by Gasteiger charge is -2.28. The van der Waals surface area contributed by atoms with Crippen LogP contribution in [0.5, 0.6) is 0 Å². The molecule has 0 saturated carbocycles. The molecule has 122 valence electrons. The molecule has 0 saturated heterocycles. The van der Waals surface area contributed by atoms with E-state index in [1.165, 1.54) is 5.01 Å². The van der Waals surface area contributed by atoms with Crippen molar-refractivity contribution >= 4 is 40.8 Å². The van der Waals surface area contributed by atoms with Crippen LogP contribution in [0.25, 0.3) is 0 Å². The minimum absolute atomic E-state index is 0.120. The zero-order valence-electron chi connectivity index (χ0n) is 12.8. The van der Waals surface area contributed by atoms with Gasteiger partial charge in [-0.05, 0) is 48.5 Å². The first kappa shape index (κ1) is 16.5. The molecule has 0 atom stereocenters. The molecular weight excluding hydrogens is 347 g/mol. The van der Waals surface area contributed by atoms with Crippen molar-refractivity contribution in [2.45, 2.75) is 13.3 Å². The van der Waals surface area contributed by atoms with Crippen LogP contribution >= 0.6 is 23.2 Å². The summed E-state index contributed by atoms with van der Waals surface area (Å²) in [6.07, 6.45) is 0.327. The van der Waals surface area contributed by atoms with Gasteiger partial charge in [-0.3, -0.25) is 10.2 Å². The fourth-order valence-corrected chi connectivity index (χ4v) is 2.43. The minimum Gasteiger partial charge on any atom is -0.273 e. The third-order valence-electron chi connectivity index (χ3n) is 3.45. The number of amidine groups is 2. The summed E-state index contributed by atoms with van der Waals surface area (Å²) < 4.78 is 0. The highest BCUT2D eigenvalue weighted by Gasteiger charge is 2.25. The van der Waals surface area contributed by atoms with Crippen LogP contribution in [0.3, 0.4) is 0 Å². The van der Waals surface area contributed by atoms with Gasteiger partial charge >= 0.3 is 0 Å². The average Bonchev–Trinajstić information content (AvgIpc) is 2.62. The molecule has 2 aromatic carbocycles. The Balaban J connectivity index is 2.00. The monoisotopic (exact) mass is 360 g/mol. The summed E-state index contributed by atoms with van der Waals surface area (Å²) in [5.41, 5.74) is 4.56. The molecule has 0 spiro atoms. The van der Waals surface area contributed by atoms with Gasteiger partial charge in [-0.25, -0.2) is 5.01 Å². The Kier molecular flexibility index (Phi) is 4.83. The highest BCUT2D eigenvalue weighted by atomic mass is 35.5. The quantitative estimate of drug-likeness (QED) is 0.903. The van der Waals surface area contributed by atoms with Gasteiger partial charge in [0.2, 0.25) is 5.91 Å². The lowest BCUT2D eigenvalue weighted by Crippen LogP contribution is -2.52. The van der Waals surface area contributed by atoms with Gasteiger partial charge in [0.25, 0.3) is 0 Å². The molecule has 0 aliphatic carbocycles. The van der Waals surface area contributed by atoms with Gasteiger partial charge in [-0.15, -0.1) is 10.2 Å². The molecule has 1 aliphatic rings. The van der Waals surface area contributed by atoms with Crippen molar-refractivity contribution in [1.82, 2.24) is 10.4 Å². The first-order valence-corrected chi connectivity index (χ1v) is 8.11. The van der Waals surface area contributed by atoms with Crippen molar-refractivity contribution in [3.63, 3.8) is 0 Å². The first-order chi connectivity index (χ1) is 11.6. The second kappa shape index (κ2) is 7.03. The minimum atomic E-state index is -0.120. The third kappa shape index (κ3) is 3.42. The van der Waals surface area contributed by atoms with E-state index in [-0.39, 0.29) is 5.91 Å². The summed E-state index contributed by atoms with van der Waals surface area (Å²) in [5, 5.41) is 11.1. The third-order valence-corrected chi connectivity index (χ3v) is 3.95. The molecule has 7 heteroatoms. The summed E-state index contributed by atoms with van der Waals surface area (Å²) in [5.74, 6) is 0.785. The van der Waals surface area contributed by atoms with E-state index in [1.807, 2.05) is 12.1 Å². The maximum absolute atomic E-state index is 12.3. The molecule has 0 unspecified atom stereocenters. The van der Waals surface area contributed by atoms with E-state index in [0.717, 1.165) is 11.1 Å². The smallest absolute Gasteiger partial charge is 0.246 e. The van der Waals surface area contributed by atoms with E-state index >= 15 is 0 Å². The summed E-state index contributed by atoms with van der Waals surface area (Å²) in [6, 6.07) is 14.2. The molecule has 1 heterocycles. The zero-order valence-corrected chi connectivity index (χ0v) is 14.3. The second-order valence-corrected chi connectivity index (χ2v) is 5.95. The van der Waals surface area contributed by atoms with Crippen molar-refractivity contribution in [3.05, 3.63) is 69.7 Å². The fraction of sp³-hybridized carbons (Fsp3) is 0.118. The maximum Gasteiger partial charge on any atom is 0.246 e. The molecule has 1 amide bonds. The molecule has 0 fully saturated rings. The van der Waals surface area contributed by atoms with E-state index in [1.54, 1.807) is 43.3 Å². The van der Waals surface area contributed by atoms with Gasteiger partial charge in [0.15, 0.2) is 11.7 Å². The van der Waals surface area contributed by atoms with Crippen molar-refractivity contribution < 1.29 is 4.79 Å². The van der Waals surface area contributed by atoms with E-state index in [4.69, 9.17) is 23.2 Å². The molecule has 0 aromatic heterocycles. The second-order valence-electron chi connectivity index (χ2n) is 5.08. The number of hydrogen-bond acceptors (Lipinski definition) is 4. The number of amides is 1. The Bertz CT molecular complexity index is 813. The van der Waals surface area contributed by atoms with Crippen LogP contribution in [0.15, 0.2) is 58.7 Å². The normalized spacial score (nSPS) is 13.9. The van der Waals surface area contributed by atoms with E-state index in [0.29, 0.717) is 28.1 Å². The van der Waals surface area contributed by atoms with Gasteiger partial charge in [0, 0.05) is 27.6 Å². The summed E-state index contributed by atoms with van der Waals surface area (Å²) >= 11 is 11.8. The predicted octanol–water partition coefficient (Wildman–Crippen LogP) is 3.86. The fourth-order valence-electron chi connectivity index (χ4n) is 2.18. The number of halogens is 2. The maximum atomic E-state index is 12.3. The predicted molar refractivity (Wildman–Crippen MR) is 96.3 cm³/mol. The van der Waals surface area contributed by atoms with Gasteiger partial charge in [-0.2, -0.15) is 0 Å². The number of nitrogens with zero attached hydrogens (tertiary/aromatic N) is 3. The van der Waals surface area contributed by atoms with Crippen molar-refractivity contribution in [2.75, 3.05) is 0 Å². The highest BCUT2D eigenvalue weighted by Crippen LogP contribution is 2.16. The number of carbonyl (C=O) groups excluding carboxylic acids is 1. The van der Waals surface area contributed by atoms with Crippen molar-refractivity contribution in [2.24, 2.45) is 10.2 Å². The summed E-state index contributed by atoms with van der Waals surface area (Å²) in [6.45, 7) is 1.79. The van der Waals surface area contributed by atoms with E-state index in [9.17, 15) is 4.79 Å². The molecule has 1 N–H and O–H groups in total. The lowest BCUT2D eigenvalue weighted by molar-refractivity contribution is -0.128. The SMILES string of the molecule is CCC(=O)N1NC(c2ccc(Cl)cc2)=NN=C1c1ccc(Cl)cc1. The Morgan fingerprint density at radius 1 is 0.958 bits per heavy atom. The molecular formula is C17H14Cl2N4O. The standard InChI is InChI=1S/C17H14Cl2N4O/c1-2-15(24)23-17(12-5-9-14(19)10-6-12)21-20-16(22-23)11-3-7-13(18)8-4-11/h3-10H,2H2,1H3,(H,20,22). The van der Waals surface area contributed by atoms with Crippen LogP contribution in [0.2, 0.25) is 10.0 Å². The Morgan fingerprint density at radius 3 is 2.04 bits per heavy atom. The molecule has 2 aromatic rings. The van der Waals surface area contributed by atoms with Crippen LogP contribution in [0, 0.1) is 0 Å². The van der Waals surface area contributed by atoms with Crippen molar-refractivity contribution in [3.8, 4) is 0 Å².